The first kappa shape index (κ1) is 14.6. The Morgan fingerprint density at radius 1 is 1.44 bits per heavy atom. The van der Waals surface area contributed by atoms with Crippen LogP contribution in [0.15, 0.2) is 23.6 Å². The van der Waals surface area contributed by atoms with E-state index in [-0.39, 0.29) is 30.0 Å². The Hall–Kier alpha value is -1.42. The third-order valence-corrected chi connectivity index (χ3v) is 3.54. The first-order valence-electron chi connectivity index (χ1n) is 5.86. The van der Waals surface area contributed by atoms with Gasteiger partial charge in [-0.05, 0) is 29.5 Å². The molecule has 0 aliphatic heterocycles. The van der Waals surface area contributed by atoms with Crippen molar-refractivity contribution in [3.63, 3.8) is 0 Å². The molecule has 1 aromatic rings. The summed E-state index contributed by atoms with van der Waals surface area (Å²) in [6.45, 7) is 3.83. The highest BCUT2D eigenvalue weighted by Gasteiger charge is 2.24. The summed E-state index contributed by atoms with van der Waals surface area (Å²) in [5, 5.41) is 1.95. The van der Waals surface area contributed by atoms with Gasteiger partial charge in [0.2, 0.25) is 0 Å². The van der Waals surface area contributed by atoms with Gasteiger partial charge in [0.05, 0.1) is 13.0 Å². The number of hydrogen-bond acceptors (Lipinski definition) is 4. The number of rotatable bonds is 6. The van der Waals surface area contributed by atoms with Gasteiger partial charge in [-0.15, -0.1) is 11.3 Å². The molecule has 0 radical (unpaired) electrons. The molecule has 3 nitrogen and oxygen atoms in total. The number of methoxy groups -OCH3 is 1. The van der Waals surface area contributed by atoms with E-state index in [1.54, 1.807) is 17.4 Å². The zero-order valence-corrected chi connectivity index (χ0v) is 11.7. The molecule has 98 valence electrons. The topological polar surface area (TPSA) is 43.4 Å². The van der Waals surface area contributed by atoms with Crippen molar-refractivity contribution in [1.29, 1.82) is 0 Å². The van der Waals surface area contributed by atoms with E-state index in [1.807, 2.05) is 31.4 Å². The number of carbonyl (C=O) groups excluding carboxylic acids is 2. The SMILES string of the molecule is COC(=O)C(CC(=O)/C=C/c1cccs1)C(C)C. The molecule has 18 heavy (non-hydrogen) atoms. The van der Waals surface area contributed by atoms with Gasteiger partial charge in [0, 0.05) is 11.3 Å². The summed E-state index contributed by atoms with van der Waals surface area (Å²) < 4.78 is 4.71. The van der Waals surface area contributed by atoms with E-state index in [1.165, 1.54) is 13.2 Å². The number of allylic oxidation sites excluding steroid dienone is 1. The lowest BCUT2D eigenvalue weighted by Crippen LogP contribution is -2.24. The standard InChI is InChI=1S/C14H18O3S/c1-10(2)13(14(16)17-3)9-11(15)6-7-12-5-4-8-18-12/h4-8,10,13H,9H2,1-3H3/b7-6+. The van der Waals surface area contributed by atoms with Crippen molar-refractivity contribution < 1.29 is 14.3 Å². The number of esters is 1. The van der Waals surface area contributed by atoms with Crippen LogP contribution in [0.25, 0.3) is 6.08 Å². The minimum Gasteiger partial charge on any atom is -0.469 e. The van der Waals surface area contributed by atoms with Crippen LogP contribution < -0.4 is 0 Å². The molecule has 1 atom stereocenters. The van der Waals surface area contributed by atoms with Crippen LogP contribution in [0.5, 0.6) is 0 Å². The average Bonchev–Trinajstić information content (AvgIpc) is 2.85. The van der Waals surface area contributed by atoms with E-state index < -0.39 is 0 Å². The second-order valence-electron chi connectivity index (χ2n) is 4.39. The zero-order valence-electron chi connectivity index (χ0n) is 10.9. The van der Waals surface area contributed by atoms with E-state index in [0.717, 1.165) is 4.88 Å². The van der Waals surface area contributed by atoms with Crippen molar-refractivity contribution in [3.05, 3.63) is 28.5 Å². The summed E-state index contributed by atoms with van der Waals surface area (Å²) in [4.78, 5) is 24.3. The second kappa shape index (κ2) is 7.11. The van der Waals surface area contributed by atoms with Crippen molar-refractivity contribution in [2.75, 3.05) is 7.11 Å². The lowest BCUT2D eigenvalue weighted by molar-refractivity contribution is -0.148. The quantitative estimate of drug-likeness (QED) is 0.587. The maximum absolute atomic E-state index is 11.8. The van der Waals surface area contributed by atoms with Crippen LogP contribution in [0, 0.1) is 11.8 Å². The Balaban J connectivity index is 2.59. The summed E-state index contributed by atoms with van der Waals surface area (Å²) >= 11 is 1.57. The predicted molar refractivity (Wildman–Crippen MR) is 73.3 cm³/mol. The van der Waals surface area contributed by atoms with Crippen molar-refractivity contribution in [2.24, 2.45) is 11.8 Å². The molecule has 1 rings (SSSR count). The van der Waals surface area contributed by atoms with Gasteiger partial charge in [-0.2, -0.15) is 0 Å². The summed E-state index contributed by atoms with van der Waals surface area (Å²) in [6, 6.07) is 3.87. The summed E-state index contributed by atoms with van der Waals surface area (Å²) in [5.41, 5.74) is 0. The molecule has 1 unspecified atom stereocenters. The fourth-order valence-electron chi connectivity index (χ4n) is 1.59. The van der Waals surface area contributed by atoms with Crippen LogP contribution in [0.4, 0.5) is 0 Å². The van der Waals surface area contributed by atoms with Crippen LogP contribution in [0.1, 0.15) is 25.1 Å². The molecule has 4 heteroatoms. The van der Waals surface area contributed by atoms with Gasteiger partial charge in [-0.3, -0.25) is 9.59 Å². The summed E-state index contributed by atoms with van der Waals surface area (Å²) in [5.74, 6) is -0.637. The van der Waals surface area contributed by atoms with Gasteiger partial charge in [-0.25, -0.2) is 0 Å². The highest BCUT2D eigenvalue weighted by atomic mass is 32.1. The molecule has 1 heterocycles. The molecule has 0 bridgehead atoms. The van der Waals surface area contributed by atoms with Crippen LogP contribution in [-0.2, 0) is 14.3 Å². The van der Waals surface area contributed by atoms with Gasteiger partial charge in [0.25, 0.3) is 0 Å². The number of carbonyl (C=O) groups is 2. The zero-order chi connectivity index (χ0) is 13.5. The van der Waals surface area contributed by atoms with Crippen molar-refractivity contribution in [3.8, 4) is 0 Å². The summed E-state index contributed by atoms with van der Waals surface area (Å²) in [7, 11) is 1.35. The Bertz CT molecular complexity index is 418. The van der Waals surface area contributed by atoms with Crippen LogP contribution >= 0.6 is 11.3 Å². The van der Waals surface area contributed by atoms with E-state index in [4.69, 9.17) is 4.74 Å². The van der Waals surface area contributed by atoms with Crippen LogP contribution in [-0.4, -0.2) is 18.9 Å². The third kappa shape index (κ3) is 4.45. The lowest BCUT2D eigenvalue weighted by Gasteiger charge is -2.16. The monoisotopic (exact) mass is 266 g/mol. The highest BCUT2D eigenvalue weighted by molar-refractivity contribution is 7.10. The van der Waals surface area contributed by atoms with Crippen molar-refractivity contribution in [1.82, 2.24) is 0 Å². The van der Waals surface area contributed by atoms with Crippen molar-refractivity contribution in [2.45, 2.75) is 20.3 Å². The molecule has 0 N–H and O–H groups in total. The molecule has 0 amide bonds. The maximum Gasteiger partial charge on any atom is 0.309 e. The molecule has 0 saturated carbocycles. The van der Waals surface area contributed by atoms with Gasteiger partial charge < -0.3 is 4.74 Å². The fourth-order valence-corrected chi connectivity index (χ4v) is 2.21. The van der Waals surface area contributed by atoms with Crippen LogP contribution in [0.3, 0.4) is 0 Å². The minimum absolute atomic E-state index is 0.0486. The number of ketones is 1. The summed E-state index contributed by atoms with van der Waals surface area (Å²) in [6.07, 6.45) is 3.51. The first-order valence-corrected chi connectivity index (χ1v) is 6.74. The molecular weight excluding hydrogens is 248 g/mol. The molecule has 0 aliphatic rings. The predicted octanol–water partition coefficient (Wildman–Crippen LogP) is 3.17. The Morgan fingerprint density at radius 3 is 2.67 bits per heavy atom. The van der Waals surface area contributed by atoms with Gasteiger partial charge >= 0.3 is 5.97 Å². The second-order valence-corrected chi connectivity index (χ2v) is 5.37. The smallest absolute Gasteiger partial charge is 0.309 e. The largest absolute Gasteiger partial charge is 0.469 e. The van der Waals surface area contributed by atoms with E-state index in [9.17, 15) is 9.59 Å². The van der Waals surface area contributed by atoms with Gasteiger partial charge in [0.15, 0.2) is 5.78 Å². The normalized spacial score (nSPS) is 12.9. The minimum atomic E-state index is -0.365. The lowest BCUT2D eigenvalue weighted by atomic mass is 9.90. The van der Waals surface area contributed by atoms with E-state index >= 15 is 0 Å². The highest BCUT2D eigenvalue weighted by Crippen LogP contribution is 2.18. The van der Waals surface area contributed by atoms with E-state index in [0.29, 0.717) is 0 Å². The van der Waals surface area contributed by atoms with E-state index in [2.05, 4.69) is 0 Å². The Labute approximate surface area is 111 Å². The maximum atomic E-state index is 11.8. The number of hydrogen-bond donors (Lipinski definition) is 0. The Kier molecular flexibility index (Phi) is 5.78. The molecule has 1 aromatic heterocycles. The third-order valence-electron chi connectivity index (χ3n) is 2.71. The molecule has 0 fully saturated rings. The molecule has 0 aliphatic carbocycles. The number of thiophene rings is 1. The van der Waals surface area contributed by atoms with Crippen molar-refractivity contribution >= 4 is 29.2 Å². The van der Waals surface area contributed by atoms with Gasteiger partial charge in [0.1, 0.15) is 0 Å². The Morgan fingerprint density at radius 2 is 2.17 bits per heavy atom. The molecule has 0 saturated heterocycles. The molecule has 0 spiro atoms. The first-order chi connectivity index (χ1) is 8.54. The number of ether oxygens (including phenoxy) is 1. The average molecular weight is 266 g/mol. The fraction of sp³-hybridized carbons (Fsp3) is 0.429. The molecule has 0 aromatic carbocycles. The van der Waals surface area contributed by atoms with Crippen LogP contribution in [0.2, 0.25) is 0 Å². The molecular formula is C14H18O3S. The van der Waals surface area contributed by atoms with Gasteiger partial charge in [-0.1, -0.05) is 19.9 Å².